The second-order valence-electron chi connectivity index (χ2n) is 5.88. The third-order valence-electron chi connectivity index (χ3n) is 3.65. The van der Waals surface area contributed by atoms with Crippen molar-refractivity contribution in [3.05, 3.63) is 0 Å². The van der Waals surface area contributed by atoms with Gasteiger partial charge in [-0.2, -0.15) is 0 Å². The Hall–Kier alpha value is 0.250. The van der Waals surface area contributed by atoms with Gasteiger partial charge in [-0.15, -0.1) is 11.6 Å². The Labute approximate surface area is 100 Å². The van der Waals surface area contributed by atoms with Gasteiger partial charge >= 0.3 is 0 Å². The van der Waals surface area contributed by atoms with Crippen molar-refractivity contribution in [2.75, 3.05) is 25.5 Å². The van der Waals surface area contributed by atoms with E-state index in [0.29, 0.717) is 5.41 Å². The number of hydrogen-bond acceptors (Lipinski definition) is 1. The van der Waals surface area contributed by atoms with E-state index in [9.17, 15) is 0 Å². The molecule has 0 aromatic rings. The van der Waals surface area contributed by atoms with E-state index in [1.165, 1.54) is 38.9 Å². The first-order chi connectivity index (χ1) is 7.04. The lowest BCUT2D eigenvalue weighted by Crippen LogP contribution is -2.27. The van der Waals surface area contributed by atoms with Gasteiger partial charge in [0.1, 0.15) is 0 Å². The molecule has 1 nitrogen and oxygen atoms in total. The first-order valence-electron chi connectivity index (χ1n) is 6.32. The monoisotopic (exact) mass is 231 g/mol. The van der Waals surface area contributed by atoms with Crippen LogP contribution in [0.4, 0.5) is 0 Å². The molecule has 1 fully saturated rings. The van der Waals surface area contributed by atoms with Crippen molar-refractivity contribution in [2.45, 2.75) is 46.5 Å². The molecule has 0 saturated carbocycles. The Kier molecular flexibility index (Phi) is 5.42. The summed E-state index contributed by atoms with van der Waals surface area (Å²) in [6.45, 7) is 10.9. The van der Waals surface area contributed by atoms with Gasteiger partial charge in [-0.3, -0.25) is 0 Å². The van der Waals surface area contributed by atoms with Gasteiger partial charge in [-0.25, -0.2) is 0 Å². The van der Waals surface area contributed by atoms with E-state index in [1.807, 2.05) is 0 Å². The number of rotatable bonds is 3. The molecule has 0 aromatic heterocycles. The number of likely N-dealkylation sites (tertiary alicyclic amines) is 1. The van der Waals surface area contributed by atoms with Gasteiger partial charge < -0.3 is 4.90 Å². The van der Waals surface area contributed by atoms with E-state index in [1.54, 1.807) is 0 Å². The summed E-state index contributed by atoms with van der Waals surface area (Å²) in [7, 11) is 0. The Bertz CT molecular complexity index is 174. The lowest BCUT2D eigenvalue weighted by atomic mass is 9.77. The highest BCUT2D eigenvalue weighted by Crippen LogP contribution is 2.34. The molecular weight excluding hydrogens is 206 g/mol. The van der Waals surface area contributed by atoms with Gasteiger partial charge in [0, 0.05) is 5.88 Å². The van der Waals surface area contributed by atoms with Crippen LogP contribution in [-0.2, 0) is 0 Å². The van der Waals surface area contributed by atoms with Gasteiger partial charge in [-0.05, 0) is 56.7 Å². The number of alkyl halides is 1. The molecule has 0 aromatic carbocycles. The number of nitrogens with zero attached hydrogens (tertiary/aromatic N) is 1. The van der Waals surface area contributed by atoms with Gasteiger partial charge in [0.2, 0.25) is 0 Å². The minimum atomic E-state index is 0.489. The molecule has 0 amide bonds. The molecule has 90 valence electrons. The lowest BCUT2D eigenvalue weighted by molar-refractivity contribution is 0.208. The summed E-state index contributed by atoms with van der Waals surface area (Å²) in [6.07, 6.45) is 5.28. The lowest BCUT2D eigenvalue weighted by Gasteiger charge is -2.29. The quantitative estimate of drug-likeness (QED) is 0.669. The maximum atomic E-state index is 5.74. The third-order valence-corrected chi connectivity index (χ3v) is 3.92. The summed E-state index contributed by atoms with van der Waals surface area (Å²) in [5.41, 5.74) is 0.489. The van der Waals surface area contributed by atoms with Crippen molar-refractivity contribution in [3.8, 4) is 0 Å². The Morgan fingerprint density at radius 1 is 1.20 bits per heavy atom. The molecular formula is C13H26ClN. The molecule has 0 radical (unpaired) electrons. The highest BCUT2D eigenvalue weighted by atomic mass is 35.5. The normalized spacial score (nSPS) is 25.2. The van der Waals surface area contributed by atoms with Crippen molar-refractivity contribution in [1.82, 2.24) is 4.90 Å². The van der Waals surface area contributed by atoms with Gasteiger partial charge in [0.25, 0.3) is 0 Å². The van der Waals surface area contributed by atoms with Crippen molar-refractivity contribution < 1.29 is 0 Å². The molecule has 1 atom stereocenters. The largest absolute Gasteiger partial charge is 0.303 e. The van der Waals surface area contributed by atoms with Crippen LogP contribution in [-0.4, -0.2) is 30.4 Å². The fourth-order valence-corrected chi connectivity index (χ4v) is 2.65. The highest BCUT2D eigenvalue weighted by molar-refractivity contribution is 6.17. The molecule has 1 saturated heterocycles. The Morgan fingerprint density at radius 2 is 1.93 bits per heavy atom. The van der Waals surface area contributed by atoms with E-state index in [-0.39, 0.29) is 0 Å². The minimum Gasteiger partial charge on any atom is -0.303 e. The SMILES string of the molecule is CC(C)(C)C1CCCN(CCCCl)CC1. The first-order valence-corrected chi connectivity index (χ1v) is 6.86. The molecule has 0 aliphatic carbocycles. The summed E-state index contributed by atoms with van der Waals surface area (Å²) in [6, 6.07) is 0. The zero-order valence-electron chi connectivity index (χ0n) is 10.6. The maximum absolute atomic E-state index is 5.74. The smallest absolute Gasteiger partial charge is 0.0235 e. The van der Waals surface area contributed by atoms with Gasteiger partial charge in [0.05, 0.1) is 0 Å². The Balaban J connectivity index is 2.35. The van der Waals surface area contributed by atoms with Crippen molar-refractivity contribution in [3.63, 3.8) is 0 Å². The van der Waals surface area contributed by atoms with Crippen LogP contribution in [0.15, 0.2) is 0 Å². The molecule has 1 aliphatic rings. The highest BCUT2D eigenvalue weighted by Gasteiger charge is 2.26. The number of halogens is 1. The van der Waals surface area contributed by atoms with Crippen LogP contribution in [0.1, 0.15) is 46.5 Å². The first kappa shape index (κ1) is 13.3. The second kappa shape index (κ2) is 6.10. The van der Waals surface area contributed by atoms with Crippen molar-refractivity contribution >= 4 is 11.6 Å². The molecule has 1 unspecified atom stereocenters. The average molecular weight is 232 g/mol. The molecule has 1 aliphatic heterocycles. The van der Waals surface area contributed by atoms with Crippen molar-refractivity contribution in [1.29, 1.82) is 0 Å². The summed E-state index contributed by atoms with van der Waals surface area (Å²) >= 11 is 5.74. The Morgan fingerprint density at radius 3 is 2.53 bits per heavy atom. The van der Waals surface area contributed by atoms with Gasteiger partial charge in [0.15, 0.2) is 0 Å². The van der Waals surface area contributed by atoms with Gasteiger partial charge in [-0.1, -0.05) is 20.8 Å². The topological polar surface area (TPSA) is 3.24 Å². The zero-order chi connectivity index (χ0) is 11.3. The van der Waals surface area contributed by atoms with Crippen LogP contribution in [0.5, 0.6) is 0 Å². The summed E-state index contributed by atoms with van der Waals surface area (Å²) < 4.78 is 0. The summed E-state index contributed by atoms with van der Waals surface area (Å²) in [4.78, 5) is 2.59. The molecule has 15 heavy (non-hydrogen) atoms. The molecule has 0 bridgehead atoms. The fourth-order valence-electron chi connectivity index (χ4n) is 2.53. The summed E-state index contributed by atoms with van der Waals surface area (Å²) in [5.74, 6) is 1.71. The van der Waals surface area contributed by atoms with Crippen LogP contribution in [0.25, 0.3) is 0 Å². The molecule has 1 rings (SSSR count). The van der Waals surface area contributed by atoms with Crippen LogP contribution < -0.4 is 0 Å². The van der Waals surface area contributed by atoms with E-state index < -0.39 is 0 Å². The molecule has 0 N–H and O–H groups in total. The minimum absolute atomic E-state index is 0.489. The van der Waals surface area contributed by atoms with Crippen LogP contribution in [0.3, 0.4) is 0 Å². The van der Waals surface area contributed by atoms with Crippen LogP contribution in [0, 0.1) is 11.3 Å². The summed E-state index contributed by atoms with van der Waals surface area (Å²) in [5, 5.41) is 0. The predicted octanol–water partition coefficient (Wildman–Crippen LogP) is 3.76. The standard InChI is InChI=1S/C13H26ClN/c1-13(2,3)12-6-4-9-15(11-7-12)10-5-8-14/h12H,4-11H2,1-3H3. The third kappa shape index (κ3) is 4.74. The predicted molar refractivity (Wildman–Crippen MR) is 68.6 cm³/mol. The maximum Gasteiger partial charge on any atom is 0.0235 e. The molecule has 2 heteroatoms. The molecule has 1 heterocycles. The van der Waals surface area contributed by atoms with E-state index in [4.69, 9.17) is 11.6 Å². The number of hydrogen-bond donors (Lipinski definition) is 0. The fraction of sp³-hybridized carbons (Fsp3) is 1.00. The second-order valence-corrected chi connectivity index (χ2v) is 6.26. The van der Waals surface area contributed by atoms with Crippen molar-refractivity contribution in [2.24, 2.45) is 11.3 Å². The zero-order valence-corrected chi connectivity index (χ0v) is 11.3. The van der Waals surface area contributed by atoms with E-state index in [0.717, 1.165) is 18.2 Å². The van der Waals surface area contributed by atoms with E-state index >= 15 is 0 Å². The van der Waals surface area contributed by atoms with E-state index in [2.05, 4.69) is 25.7 Å². The molecule has 0 spiro atoms. The van der Waals surface area contributed by atoms with Crippen LogP contribution >= 0.6 is 11.6 Å². The average Bonchev–Trinajstić information content (AvgIpc) is 2.38. The van der Waals surface area contributed by atoms with Crippen LogP contribution in [0.2, 0.25) is 0 Å².